The van der Waals surface area contributed by atoms with Crippen LogP contribution in [0.15, 0.2) is 65.3 Å². The van der Waals surface area contributed by atoms with E-state index in [1.165, 1.54) is 24.5 Å². The Kier molecular flexibility index (Phi) is 4.85. The molecule has 2 heterocycles. The summed E-state index contributed by atoms with van der Waals surface area (Å²) in [7, 11) is 0. The van der Waals surface area contributed by atoms with Crippen molar-refractivity contribution in [2.24, 2.45) is 0 Å². The van der Waals surface area contributed by atoms with Crippen molar-refractivity contribution in [3.63, 3.8) is 0 Å². The summed E-state index contributed by atoms with van der Waals surface area (Å²) in [6.45, 7) is 0.106. The van der Waals surface area contributed by atoms with Gasteiger partial charge in [-0.05, 0) is 54.6 Å². The number of hydrogen-bond donors (Lipinski definition) is 3. The normalized spacial score (nSPS) is 11.6. The van der Waals surface area contributed by atoms with E-state index in [1.807, 2.05) is 0 Å². The standard InChI is InChI=1S/C20H15N3O6/c24-18(22-23-19(25)13-5-8-15-17(10-13)29-11-28-15)12-3-6-14(7-4-12)21-20(26)16-2-1-9-27-16/h1-10H,11H2,(H,21,26)(H,22,24)(H,23,25). The van der Waals surface area contributed by atoms with E-state index in [9.17, 15) is 14.4 Å². The number of fused-ring (bicyclic) bond motifs is 1. The minimum atomic E-state index is -0.511. The van der Waals surface area contributed by atoms with Gasteiger partial charge in [-0.15, -0.1) is 0 Å². The number of furan rings is 1. The van der Waals surface area contributed by atoms with E-state index in [4.69, 9.17) is 13.9 Å². The van der Waals surface area contributed by atoms with Crippen molar-refractivity contribution >= 4 is 23.4 Å². The molecule has 29 heavy (non-hydrogen) atoms. The first-order chi connectivity index (χ1) is 14.1. The van der Waals surface area contributed by atoms with Crippen molar-refractivity contribution < 1.29 is 28.3 Å². The van der Waals surface area contributed by atoms with Crippen LogP contribution in [0.5, 0.6) is 11.5 Å². The van der Waals surface area contributed by atoms with Gasteiger partial charge in [0, 0.05) is 16.8 Å². The molecule has 1 aliphatic heterocycles. The Morgan fingerprint density at radius 2 is 1.45 bits per heavy atom. The van der Waals surface area contributed by atoms with Crippen LogP contribution in [0.1, 0.15) is 31.3 Å². The molecule has 0 saturated heterocycles. The van der Waals surface area contributed by atoms with Gasteiger partial charge in [0.05, 0.1) is 6.26 Å². The zero-order valence-corrected chi connectivity index (χ0v) is 14.9. The third kappa shape index (κ3) is 4.03. The molecule has 0 fully saturated rings. The van der Waals surface area contributed by atoms with Gasteiger partial charge in [0.2, 0.25) is 6.79 Å². The van der Waals surface area contributed by atoms with Crippen molar-refractivity contribution in [1.29, 1.82) is 0 Å². The van der Waals surface area contributed by atoms with E-state index in [-0.39, 0.29) is 12.6 Å². The van der Waals surface area contributed by atoms with Gasteiger partial charge < -0.3 is 19.2 Å². The molecule has 1 aromatic heterocycles. The van der Waals surface area contributed by atoms with Gasteiger partial charge >= 0.3 is 0 Å². The molecule has 9 heteroatoms. The highest BCUT2D eigenvalue weighted by Gasteiger charge is 2.17. The molecule has 0 aliphatic carbocycles. The van der Waals surface area contributed by atoms with Crippen LogP contribution in [0.25, 0.3) is 0 Å². The van der Waals surface area contributed by atoms with Gasteiger partial charge in [-0.3, -0.25) is 25.2 Å². The second-order valence-electron chi connectivity index (χ2n) is 5.99. The lowest BCUT2D eigenvalue weighted by atomic mass is 10.2. The summed E-state index contributed by atoms with van der Waals surface area (Å²) < 4.78 is 15.4. The minimum absolute atomic E-state index is 0.106. The van der Waals surface area contributed by atoms with Gasteiger partial charge in [-0.2, -0.15) is 0 Å². The maximum atomic E-state index is 12.2. The lowest BCUT2D eigenvalue weighted by Crippen LogP contribution is -2.41. The number of benzene rings is 2. The zero-order valence-electron chi connectivity index (χ0n) is 14.9. The first-order valence-corrected chi connectivity index (χ1v) is 8.55. The number of hydrazine groups is 1. The van der Waals surface area contributed by atoms with Gasteiger partial charge in [-0.1, -0.05) is 0 Å². The molecule has 146 valence electrons. The molecular formula is C20H15N3O6. The lowest BCUT2D eigenvalue weighted by molar-refractivity contribution is 0.0846. The minimum Gasteiger partial charge on any atom is -0.459 e. The number of anilines is 1. The van der Waals surface area contributed by atoms with Crippen molar-refractivity contribution in [1.82, 2.24) is 10.9 Å². The molecule has 1 aliphatic rings. The maximum Gasteiger partial charge on any atom is 0.291 e. The number of carbonyl (C=O) groups excluding carboxylic acids is 3. The first kappa shape index (κ1) is 18.1. The summed E-state index contributed by atoms with van der Waals surface area (Å²) in [5.41, 5.74) is 5.77. The molecular weight excluding hydrogens is 378 g/mol. The Balaban J connectivity index is 1.32. The highest BCUT2D eigenvalue weighted by Crippen LogP contribution is 2.32. The largest absolute Gasteiger partial charge is 0.459 e. The summed E-state index contributed by atoms with van der Waals surface area (Å²) >= 11 is 0. The van der Waals surface area contributed by atoms with Gasteiger partial charge in [0.25, 0.3) is 17.7 Å². The topological polar surface area (TPSA) is 119 Å². The molecule has 4 rings (SSSR count). The Morgan fingerprint density at radius 3 is 2.17 bits per heavy atom. The van der Waals surface area contributed by atoms with Gasteiger partial charge in [0.1, 0.15) is 0 Å². The van der Waals surface area contributed by atoms with Crippen LogP contribution < -0.4 is 25.6 Å². The second-order valence-corrected chi connectivity index (χ2v) is 5.99. The lowest BCUT2D eigenvalue weighted by Gasteiger charge is -2.09. The highest BCUT2D eigenvalue weighted by atomic mass is 16.7. The molecule has 9 nitrogen and oxygen atoms in total. The Morgan fingerprint density at radius 1 is 0.759 bits per heavy atom. The fourth-order valence-electron chi connectivity index (χ4n) is 2.60. The molecule has 0 radical (unpaired) electrons. The maximum absolute atomic E-state index is 12.2. The predicted molar refractivity (Wildman–Crippen MR) is 101 cm³/mol. The smallest absolute Gasteiger partial charge is 0.291 e. The number of amides is 3. The number of nitrogens with one attached hydrogen (secondary N) is 3. The van der Waals surface area contributed by atoms with E-state index in [1.54, 1.807) is 36.4 Å². The molecule has 0 atom stereocenters. The van der Waals surface area contributed by atoms with Crippen LogP contribution in [0.4, 0.5) is 5.69 Å². The number of ether oxygens (including phenoxy) is 2. The molecule has 3 aromatic rings. The van der Waals surface area contributed by atoms with Crippen LogP contribution >= 0.6 is 0 Å². The Labute approximate surface area is 164 Å². The summed E-state index contributed by atoms with van der Waals surface area (Å²) in [6.07, 6.45) is 1.40. The van der Waals surface area contributed by atoms with Crippen LogP contribution in [-0.4, -0.2) is 24.5 Å². The zero-order chi connectivity index (χ0) is 20.2. The average Bonchev–Trinajstić information content (AvgIpc) is 3.43. The van der Waals surface area contributed by atoms with Crippen molar-refractivity contribution in [3.8, 4) is 11.5 Å². The van der Waals surface area contributed by atoms with E-state index in [2.05, 4.69) is 16.2 Å². The molecule has 0 unspecified atom stereocenters. The van der Waals surface area contributed by atoms with E-state index < -0.39 is 17.7 Å². The summed E-state index contributed by atoms with van der Waals surface area (Å²) in [5, 5.41) is 2.65. The van der Waals surface area contributed by atoms with Gasteiger partial charge in [0.15, 0.2) is 17.3 Å². The fourth-order valence-corrected chi connectivity index (χ4v) is 2.60. The van der Waals surface area contributed by atoms with Crippen molar-refractivity contribution in [2.75, 3.05) is 12.1 Å². The molecule has 0 spiro atoms. The molecule has 3 amide bonds. The Hall–Kier alpha value is -4.27. The number of rotatable bonds is 4. The quantitative estimate of drug-likeness (QED) is 0.586. The average molecular weight is 393 g/mol. The predicted octanol–water partition coefficient (Wildman–Crippen LogP) is 2.34. The third-order valence-corrected chi connectivity index (χ3v) is 4.07. The molecule has 0 bridgehead atoms. The molecule has 0 saturated carbocycles. The number of carbonyl (C=O) groups is 3. The SMILES string of the molecule is O=C(NNC(=O)c1ccc2c(c1)OCO2)c1ccc(NC(=O)c2ccco2)cc1. The number of hydrogen-bond acceptors (Lipinski definition) is 6. The molecule has 3 N–H and O–H groups in total. The fraction of sp³-hybridized carbons (Fsp3) is 0.0500. The van der Waals surface area contributed by atoms with E-state index in [0.717, 1.165) is 0 Å². The van der Waals surface area contributed by atoms with Crippen LogP contribution in [-0.2, 0) is 0 Å². The third-order valence-electron chi connectivity index (χ3n) is 4.07. The van der Waals surface area contributed by atoms with Crippen LogP contribution in [0, 0.1) is 0 Å². The van der Waals surface area contributed by atoms with Gasteiger partial charge in [-0.25, -0.2) is 0 Å². The van der Waals surface area contributed by atoms with Crippen molar-refractivity contribution in [2.45, 2.75) is 0 Å². The van der Waals surface area contributed by atoms with E-state index in [0.29, 0.717) is 28.3 Å². The van der Waals surface area contributed by atoms with Crippen LogP contribution in [0.3, 0.4) is 0 Å². The molecule has 2 aromatic carbocycles. The second kappa shape index (κ2) is 7.77. The summed E-state index contributed by atoms with van der Waals surface area (Å²) in [5.74, 6) is -0.204. The highest BCUT2D eigenvalue weighted by molar-refractivity contribution is 6.03. The first-order valence-electron chi connectivity index (χ1n) is 8.55. The summed E-state index contributed by atoms with van der Waals surface area (Å²) in [4.78, 5) is 36.3. The van der Waals surface area contributed by atoms with Crippen molar-refractivity contribution in [3.05, 3.63) is 77.7 Å². The Bertz CT molecular complexity index is 1060. The monoisotopic (exact) mass is 393 g/mol. The summed E-state index contributed by atoms with van der Waals surface area (Å²) in [6, 6.07) is 14.0. The van der Waals surface area contributed by atoms with E-state index >= 15 is 0 Å². The van der Waals surface area contributed by atoms with Crippen LogP contribution in [0.2, 0.25) is 0 Å².